The number of hydrogen-bond acceptors (Lipinski definition) is 5. The van der Waals surface area contributed by atoms with Gasteiger partial charge in [0.05, 0.1) is 18.0 Å². The summed E-state index contributed by atoms with van der Waals surface area (Å²) in [6.07, 6.45) is 6.48. The zero-order valence-corrected chi connectivity index (χ0v) is 15.4. The van der Waals surface area contributed by atoms with E-state index in [9.17, 15) is 4.79 Å². The van der Waals surface area contributed by atoms with Gasteiger partial charge in [0, 0.05) is 43.8 Å². The van der Waals surface area contributed by atoms with Crippen LogP contribution in [0, 0.1) is 0 Å². The van der Waals surface area contributed by atoms with Crippen molar-refractivity contribution in [1.82, 2.24) is 14.5 Å². The lowest BCUT2D eigenvalue weighted by atomic mass is 9.82. The molecule has 1 saturated heterocycles. The molecule has 2 aliphatic rings. The number of thiophene rings is 1. The number of rotatable bonds is 3. The normalized spacial score (nSPS) is 19.5. The number of aromatic nitrogens is 2. The molecule has 24 heavy (non-hydrogen) atoms. The molecule has 2 aliphatic heterocycles. The van der Waals surface area contributed by atoms with E-state index in [1.165, 1.54) is 22.2 Å². The summed E-state index contributed by atoms with van der Waals surface area (Å²) in [4.78, 5) is 20.2. The molecule has 2 aromatic rings. The third kappa shape index (κ3) is 2.89. The minimum absolute atomic E-state index is 0.156. The third-order valence-electron chi connectivity index (χ3n) is 4.97. The van der Waals surface area contributed by atoms with Gasteiger partial charge in [0.2, 0.25) is 5.91 Å². The van der Waals surface area contributed by atoms with Gasteiger partial charge < -0.3 is 14.2 Å². The van der Waals surface area contributed by atoms with E-state index < -0.39 is 0 Å². The van der Waals surface area contributed by atoms with Crippen LogP contribution in [-0.4, -0.2) is 45.8 Å². The molecule has 1 spiro atoms. The number of fused-ring (bicyclic) bond motifs is 2. The molecule has 2 aromatic heterocycles. The number of carbonyl (C=O) groups is 1. The Morgan fingerprint density at radius 3 is 3.04 bits per heavy atom. The van der Waals surface area contributed by atoms with E-state index in [2.05, 4.69) is 16.4 Å². The van der Waals surface area contributed by atoms with Gasteiger partial charge in [0.1, 0.15) is 0 Å². The first-order valence-corrected chi connectivity index (χ1v) is 10.1. The quantitative estimate of drug-likeness (QED) is 0.787. The first kappa shape index (κ1) is 16.2. The van der Waals surface area contributed by atoms with E-state index in [0.717, 1.165) is 44.1 Å². The number of aryl methyl sites for hydroxylation is 1. The first-order valence-electron chi connectivity index (χ1n) is 8.27. The molecule has 5 nitrogen and oxygen atoms in total. The van der Waals surface area contributed by atoms with Crippen LogP contribution in [0.3, 0.4) is 0 Å². The van der Waals surface area contributed by atoms with Gasteiger partial charge in [-0.05, 0) is 29.9 Å². The third-order valence-corrected chi connectivity index (χ3v) is 6.99. The topological polar surface area (TPSA) is 47.4 Å². The van der Waals surface area contributed by atoms with Crippen molar-refractivity contribution in [3.8, 4) is 0 Å². The second-order valence-electron chi connectivity index (χ2n) is 6.34. The van der Waals surface area contributed by atoms with Crippen molar-refractivity contribution in [2.75, 3.05) is 25.4 Å². The van der Waals surface area contributed by atoms with E-state index in [1.807, 2.05) is 34.0 Å². The number of nitrogens with zero attached hydrogens (tertiary/aromatic N) is 3. The van der Waals surface area contributed by atoms with Gasteiger partial charge in [-0.15, -0.1) is 11.3 Å². The lowest BCUT2D eigenvalue weighted by Gasteiger charge is -2.44. The zero-order chi connectivity index (χ0) is 16.6. The molecule has 0 saturated carbocycles. The van der Waals surface area contributed by atoms with Gasteiger partial charge in [-0.25, -0.2) is 4.98 Å². The largest absolute Gasteiger partial charge is 0.370 e. The molecule has 4 rings (SSSR count). The highest BCUT2D eigenvalue weighted by molar-refractivity contribution is 7.99. The minimum atomic E-state index is -0.156. The van der Waals surface area contributed by atoms with Crippen molar-refractivity contribution in [3.05, 3.63) is 34.3 Å². The lowest BCUT2D eigenvalue weighted by molar-refractivity contribution is -0.138. The highest BCUT2D eigenvalue weighted by atomic mass is 32.2. The van der Waals surface area contributed by atoms with E-state index in [4.69, 9.17) is 4.74 Å². The molecule has 0 radical (unpaired) electrons. The number of carbonyl (C=O) groups excluding carboxylic acids is 1. The number of likely N-dealkylation sites (tertiary alicyclic amines) is 1. The summed E-state index contributed by atoms with van der Waals surface area (Å²) in [6, 6.07) is 2.22. The Balaban J connectivity index is 1.37. The van der Waals surface area contributed by atoms with Crippen molar-refractivity contribution in [1.29, 1.82) is 0 Å². The van der Waals surface area contributed by atoms with Gasteiger partial charge in [0.25, 0.3) is 0 Å². The second kappa shape index (κ2) is 6.54. The summed E-state index contributed by atoms with van der Waals surface area (Å²) in [6.45, 7) is 2.35. The molecular formula is C17H21N3O2S2. The van der Waals surface area contributed by atoms with E-state index in [1.54, 1.807) is 6.20 Å². The molecule has 1 fully saturated rings. The average molecular weight is 364 g/mol. The van der Waals surface area contributed by atoms with Crippen LogP contribution in [0.5, 0.6) is 0 Å². The number of ether oxygens (including phenoxy) is 1. The SMILES string of the molecule is Cn1ccnc1SCC(=O)N1CCC2(CC1)OCCc1sccc12. The standard InChI is InChI=1S/C17H21N3O2S2/c1-19-9-6-18-16(19)24-12-15(21)20-7-4-17(5-8-20)13-3-11-23-14(13)2-10-22-17/h3,6,9,11H,2,4-5,7-8,10,12H2,1H3. The van der Waals surface area contributed by atoms with Crippen molar-refractivity contribution >= 4 is 29.0 Å². The van der Waals surface area contributed by atoms with Crippen LogP contribution in [0.15, 0.2) is 29.0 Å². The maximum absolute atomic E-state index is 12.5. The summed E-state index contributed by atoms with van der Waals surface area (Å²) in [7, 11) is 1.95. The fraction of sp³-hybridized carbons (Fsp3) is 0.529. The monoisotopic (exact) mass is 363 g/mol. The van der Waals surface area contributed by atoms with Crippen LogP contribution in [0.1, 0.15) is 23.3 Å². The van der Waals surface area contributed by atoms with Gasteiger partial charge >= 0.3 is 0 Å². The van der Waals surface area contributed by atoms with Gasteiger partial charge in [-0.3, -0.25) is 4.79 Å². The fourth-order valence-corrected chi connectivity index (χ4v) is 5.38. The predicted octanol–water partition coefficient (Wildman–Crippen LogP) is 2.66. The summed E-state index contributed by atoms with van der Waals surface area (Å²) in [5, 5.41) is 3.05. The maximum Gasteiger partial charge on any atom is 0.233 e. The smallest absolute Gasteiger partial charge is 0.233 e. The van der Waals surface area contributed by atoms with E-state index in [0.29, 0.717) is 5.75 Å². The number of thioether (sulfide) groups is 1. The predicted molar refractivity (Wildman–Crippen MR) is 95.4 cm³/mol. The summed E-state index contributed by atoms with van der Waals surface area (Å²) < 4.78 is 8.15. The Labute approximate surface area is 150 Å². The van der Waals surface area contributed by atoms with Gasteiger partial charge in [0.15, 0.2) is 5.16 Å². The Hall–Kier alpha value is -1.31. The van der Waals surface area contributed by atoms with Crippen LogP contribution in [-0.2, 0) is 28.6 Å². The molecule has 0 aliphatic carbocycles. The lowest BCUT2D eigenvalue weighted by Crippen LogP contribution is -2.48. The highest BCUT2D eigenvalue weighted by Crippen LogP contribution is 2.43. The summed E-state index contributed by atoms with van der Waals surface area (Å²) in [5.41, 5.74) is 1.21. The second-order valence-corrected chi connectivity index (χ2v) is 8.28. The Kier molecular flexibility index (Phi) is 4.40. The van der Waals surface area contributed by atoms with Crippen molar-refractivity contribution in [3.63, 3.8) is 0 Å². The summed E-state index contributed by atoms with van der Waals surface area (Å²) in [5.74, 6) is 0.641. The van der Waals surface area contributed by atoms with Gasteiger partial charge in [-0.1, -0.05) is 11.8 Å². The number of piperidine rings is 1. The van der Waals surface area contributed by atoms with Gasteiger partial charge in [-0.2, -0.15) is 0 Å². The summed E-state index contributed by atoms with van der Waals surface area (Å²) >= 11 is 3.34. The molecule has 1 amide bonds. The molecule has 0 unspecified atom stereocenters. The Morgan fingerprint density at radius 2 is 2.29 bits per heavy atom. The highest BCUT2D eigenvalue weighted by Gasteiger charge is 2.42. The molecular weight excluding hydrogens is 342 g/mol. The van der Waals surface area contributed by atoms with E-state index in [-0.39, 0.29) is 11.5 Å². The number of amides is 1. The maximum atomic E-state index is 12.5. The van der Waals surface area contributed by atoms with Crippen molar-refractivity contribution in [2.24, 2.45) is 7.05 Å². The molecule has 0 aromatic carbocycles. The Bertz CT molecular complexity index is 732. The Morgan fingerprint density at radius 1 is 1.46 bits per heavy atom. The van der Waals surface area contributed by atoms with Crippen LogP contribution >= 0.6 is 23.1 Å². The van der Waals surface area contributed by atoms with Crippen molar-refractivity contribution in [2.45, 2.75) is 30.0 Å². The van der Waals surface area contributed by atoms with Crippen LogP contribution in [0.25, 0.3) is 0 Å². The minimum Gasteiger partial charge on any atom is -0.370 e. The molecule has 4 heterocycles. The van der Waals surface area contributed by atoms with E-state index >= 15 is 0 Å². The molecule has 0 bridgehead atoms. The molecule has 128 valence electrons. The van der Waals surface area contributed by atoms with Crippen LogP contribution < -0.4 is 0 Å². The van der Waals surface area contributed by atoms with Crippen LogP contribution in [0.2, 0.25) is 0 Å². The fourth-order valence-electron chi connectivity index (χ4n) is 3.60. The number of hydrogen-bond donors (Lipinski definition) is 0. The zero-order valence-electron chi connectivity index (χ0n) is 13.7. The molecule has 0 N–H and O–H groups in total. The first-order chi connectivity index (χ1) is 11.7. The number of imidazole rings is 1. The average Bonchev–Trinajstić information content (AvgIpc) is 3.23. The molecule has 7 heteroatoms. The van der Waals surface area contributed by atoms with Crippen molar-refractivity contribution < 1.29 is 9.53 Å². The van der Waals surface area contributed by atoms with Crippen LogP contribution in [0.4, 0.5) is 0 Å². The molecule has 0 atom stereocenters.